The first-order valence-corrected chi connectivity index (χ1v) is 10.6. The molecule has 2 heterocycles. The van der Waals surface area contributed by atoms with E-state index in [9.17, 15) is 4.79 Å². The molecule has 4 rings (SSSR count). The SMILES string of the molecule is O=CC1OC(Cc2ccccc2)CN1CC(CN1CCOCC1)c1ccccc1. The normalized spacial score (nSPS) is 24.4. The fraction of sp³-hybridized carbons (Fsp3) is 0.458. The first-order valence-electron chi connectivity index (χ1n) is 10.6. The molecule has 5 nitrogen and oxygen atoms in total. The largest absolute Gasteiger partial charge is 0.379 e. The lowest BCUT2D eigenvalue weighted by Crippen LogP contribution is -2.42. The minimum atomic E-state index is -0.459. The predicted octanol–water partition coefficient (Wildman–Crippen LogP) is 2.57. The van der Waals surface area contributed by atoms with Gasteiger partial charge in [0.2, 0.25) is 0 Å². The summed E-state index contributed by atoms with van der Waals surface area (Å²) in [6, 6.07) is 21.0. The summed E-state index contributed by atoms with van der Waals surface area (Å²) < 4.78 is 11.6. The Morgan fingerprint density at radius 3 is 2.34 bits per heavy atom. The maximum absolute atomic E-state index is 11.7. The first-order chi connectivity index (χ1) is 14.3. The van der Waals surface area contributed by atoms with Crippen molar-refractivity contribution in [2.24, 2.45) is 0 Å². The number of rotatable bonds is 8. The highest BCUT2D eigenvalue weighted by atomic mass is 16.5. The number of hydrogen-bond acceptors (Lipinski definition) is 5. The lowest BCUT2D eigenvalue weighted by atomic mass is 9.97. The van der Waals surface area contributed by atoms with Crippen molar-refractivity contribution in [3.05, 3.63) is 71.8 Å². The number of nitrogens with zero attached hydrogens (tertiary/aromatic N) is 2. The molecule has 2 aromatic carbocycles. The molecule has 5 heteroatoms. The fourth-order valence-corrected chi connectivity index (χ4v) is 4.35. The lowest BCUT2D eigenvalue weighted by Gasteiger charge is -2.33. The second-order valence-electron chi connectivity index (χ2n) is 7.95. The molecule has 0 N–H and O–H groups in total. The Hall–Kier alpha value is -2.05. The Bertz CT molecular complexity index is 749. The van der Waals surface area contributed by atoms with Crippen LogP contribution >= 0.6 is 0 Å². The van der Waals surface area contributed by atoms with Crippen LogP contribution in [-0.2, 0) is 20.7 Å². The molecule has 0 radical (unpaired) electrons. The summed E-state index contributed by atoms with van der Waals surface area (Å²) in [4.78, 5) is 16.4. The molecule has 154 valence electrons. The Kier molecular flexibility index (Phi) is 7.06. The van der Waals surface area contributed by atoms with Gasteiger partial charge in [0.15, 0.2) is 12.5 Å². The number of carbonyl (C=O) groups excluding carboxylic acids is 1. The first kappa shape index (κ1) is 20.2. The average Bonchev–Trinajstić information content (AvgIpc) is 3.16. The van der Waals surface area contributed by atoms with E-state index >= 15 is 0 Å². The van der Waals surface area contributed by atoms with Crippen LogP contribution in [0.2, 0.25) is 0 Å². The van der Waals surface area contributed by atoms with E-state index < -0.39 is 6.23 Å². The average molecular weight is 395 g/mol. The molecule has 3 atom stereocenters. The third kappa shape index (κ3) is 5.52. The lowest BCUT2D eigenvalue weighted by molar-refractivity contribution is -0.123. The van der Waals surface area contributed by atoms with Gasteiger partial charge in [-0.15, -0.1) is 0 Å². The van der Waals surface area contributed by atoms with E-state index in [0.717, 1.165) is 58.6 Å². The minimum absolute atomic E-state index is 0.0485. The van der Waals surface area contributed by atoms with Crippen LogP contribution in [0.15, 0.2) is 60.7 Å². The zero-order chi connectivity index (χ0) is 19.9. The van der Waals surface area contributed by atoms with Crippen LogP contribution in [0.1, 0.15) is 17.0 Å². The van der Waals surface area contributed by atoms with E-state index in [0.29, 0.717) is 5.92 Å². The molecule has 0 aliphatic carbocycles. The molecule has 2 aromatic rings. The minimum Gasteiger partial charge on any atom is -0.379 e. The summed E-state index contributed by atoms with van der Waals surface area (Å²) in [7, 11) is 0. The number of carbonyl (C=O) groups is 1. The molecule has 29 heavy (non-hydrogen) atoms. The van der Waals surface area contributed by atoms with Crippen molar-refractivity contribution in [1.82, 2.24) is 9.80 Å². The van der Waals surface area contributed by atoms with Crippen LogP contribution in [0.25, 0.3) is 0 Å². The number of hydrogen-bond donors (Lipinski definition) is 0. The van der Waals surface area contributed by atoms with Gasteiger partial charge >= 0.3 is 0 Å². The summed E-state index contributed by atoms with van der Waals surface area (Å²) in [5.41, 5.74) is 2.56. The van der Waals surface area contributed by atoms with Gasteiger partial charge in [-0.05, 0) is 17.5 Å². The third-order valence-electron chi connectivity index (χ3n) is 5.86. The summed E-state index contributed by atoms with van der Waals surface area (Å²) >= 11 is 0. The van der Waals surface area contributed by atoms with Crippen LogP contribution in [0.3, 0.4) is 0 Å². The van der Waals surface area contributed by atoms with Gasteiger partial charge in [-0.2, -0.15) is 0 Å². The molecule has 0 saturated carbocycles. The molecule has 0 bridgehead atoms. The van der Waals surface area contributed by atoms with Crippen molar-refractivity contribution in [3.8, 4) is 0 Å². The molecule has 3 unspecified atom stereocenters. The number of morpholine rings is 1. The zero-order valence-corrected chi connectivity index (χ0v) is 16.9. The van der Waals surface area contributed by atoms with Crippen molar-refractivity contribution >= 4 is 6.29 Å². The standard InChI is InChI=1S/C24H30N2O3/c27-19-24-26(18-23(29-24)15-20-7-3-1-4-8-20)17-22(21-9-5-2-6-10-21)16-25-11-13-28-14-12-25/h1-10,19,22-24H,11-18H2. The Balaban J connectivity index is 1.44. The van der Waals surface area contributed by atoms with Crippen LogP contribution in [0.5, 0.6) is 0 Å². The molecule has 2 saturated heterocycles. The van der Waals surface area contributed by atoms with Gasteiger partial charge in [0.05, 0.1) is 19.3 Å². The van der Waals surface area contributed by atoms with Gasteiger partial charge in [0.25, 0.3) is 0 Å². The van der Waals surface area contributed by atoms with E-state index in [1.165, 1.54) is 11.1 Å². The van der Waals surface area contributed by atoms with E-state index in [-0.39, 0.29) is 6.10 Å². The topological polar surface area (TPSA) is 42.0 Å². The second-order valence-corrected chi connectivity index (χ2v) is 7.95. The summed E-state index contributed by atoms with van der Waals surface area (Å²) in [5, 5.41) is 0. The quantitative estimate of drug-likeness (QED) is 0.644. The number of aldehydes is 1. The highest BCUT2D eigenvalue weighted by Gasteiger charge is 2.34. The maximum Gasteiger partial charge on any atom is 0.167 e. The van der Waals surface area contributed by atoms with Crippen molar-refractivity contribution in [3.63, 3.8) is 0 Å². The van der Waals surface area contributed by atoms with Crippen LogP contribution in [0, 0.1) is 0 Å². The van der Waals surface area contributed by atoms with Crippen LogP contribution < -0.4 is 0 Å². The number of benzene rings is 2. The molecule has 0 amide bonds. The molecule has 2 fully saturated rings. The van der Waals surface area contributed by atoms with E-state index in [4.69, 9.17) is 9.47 Å². The van der Waals surface area contributed by atoms with Gasteiger partial charge in [-0.25, -0.2) is 0 Å². The van der Waals surface area contributed by atoms with Gasteiger partial charge in [0.1, 0.15) is 0 Å². The molecule has 2 aliphatic rings. The van der Waals surface area contributed by atoms with E-state index in [1.807, 2.05) is 18.2 Å². The van der Waals surface area contributed by atoms with Crippen molar-refractivity contribution in [2.75, 3.05) is 45.9 Å². The molecular weight excluding hydrogens is 364 g/mol. The summed E-state index contributed by atoms with van der Waals surface area (Å²) in [6.07, 6.45) is 1.37. The summed E-state index contributed by atoms with van der Waals surface area (Å²) in [6.45, 7) is 6.09. The molecule has 0 spiro atoms. The zero-order valence-electron chi connectivity index (χ0n) is 16.9. The van der Waals surface area contributed by atoms with E-state index in [2.05, 4.69) is 52.3 Å². The van der Waals surface area contributed by atoms with Gasteiger partial charge in [0, 0.05) is 38.6 Å². The monoisotopic (exact) mass is 394 g/mol. The highest BCUT2D eigenvalue weighted by molar-refractivity contribution is 5.56. The Labute approximate surface area is 173 Å². The maximum atomic E-state index is 11.7. The van der Waals surface area contributed by atoms with Gasteiger partial charge < -0.3 is 9.47 Å². The Morgan fingerprint density at radius 1 is 0.966 bits per heavy atom. The smallest absolute Gasteiger partial charge is 0.167 e. The summed E-state index contributed by atoms with van der Waals surface area (Å²) in [5.74, 6) is 0.329. The number of ether oxygens (including phenoxy) is 2. The molecule has 0 aromatic heterocycles. The Morgan fingerprint density at radius 2 is 1.66 bits per heavy atom. The van der Waals surface area contributed by atoms with Crippen LogP contribution in [0.4, 0.5) is 0 Å². The van der Waals surface area contributed by atoms with E-state index in [1.54, 1.807) is 0 Å². The third-order valence-corrected chi connectivity index (χ3v) is 5.86. The van der Waals surface area contributed by atoms with Gasteiger partial charge in [-0.3, -0.25) is 14.6 Å². The second kappa shape index (κ2) is 10.1. The predicted molar refractivity (Wildman–Crippen MR) is 113 cm³/mol. The molecule has 2 aliphatic heterocycles. The molecular formula is C24H30N2O3. The van der Waals surface area contributed by atoms with Gasteiger partial charge in [-0.1, -0.05) is 60.7 Å². The van der Waals surface area contributed by atoms with Crippen molar-refractivity contribution in [2.45, 2.75) is 24.7 Å². The van der Waals surface area contributed by atoms with Crippen molar-refractivity contribution in [1.29, 1.82) is 0 Å². The van der Waals surface area contributed by atoms with Crippen molar-refractivity contribution < 1.29 is 14.3 Å². The van der Waals surface area contributed by atoms with Crippen LogP contribution in [-0.4, -0.2) is 74.4 Å². The highest BCUT2D eigenvalue weighted by Crippen LogP contribution is 2.25. The fourth-order valence-electron chi connectivity index (χ4n) is 4.35.